The molecule has 1 heteroatoms. The van der Waals surface area contributed by atoms with Gasteiger partial charge in [-0.05, 0) is 45.4 Å². The number of piperidine rings is 1. The Hall–Kier alpha value is -0.0400. The molecule has 1 saturated carbocycles. The van der Waals surface area contributed by atoms with Crippen LogP contribution in [0.3, 0.4) is 0 Å². The molecule has 0 aromatic heterocycles. The Labute approximate surface area is 76.1 Å². The highest BCUT2D eigenvalue weighted by Crippen LogP contribution is 2.44. The smallest absolute Gasteiger partial charge is 0.0127 e. The summed E-state index contributed by atoms with van der Waals surface area (Å²) in [6, 6.07) is 2.63. The molecule has 2 fully saturated rings. The predicted octanol–water partition coefficient (Wildman–Crippen LogP) is 2.66. The third-order valence-electron chi connectivity index (χ3n) is 3.81. The van der Waals surface area contributed by atoms with Crippen LogP contribution in [0.4, 0.5) is 0 Å². The van der Waals surface area contributed by atoms with Gasteiger partial charge in [0.1, 0.15) is 0 Å². The molecule has 0 radical (unpaired) electrons. The summed E-state index contributed by atoms with van der Waals surface area (Å²) in [4.78, 5) is 2.77. The summed E-state index contributed by atoms with van der Waals surface area (Å²) in [5, 5.41) is 0. The van der Waals surface area contributed by atoms with Crippen molar-refractivity contribution in [2.24, 2.45) is 5.92 Å². The third kappa shape index (κ3) is 1.10. The van der Waals surface area contributed by atoms with E-state index in [4.69, 9.17) is 0 Å². The highest BCUT2D eigenvalue weighted by atomic mass is 15.2. The van der Waals surface area contributed by atoms with Gasteiger partial charge in [-0.1, -0.05) is 6.92 Å². The third-order valence-corrected chi connectivity index (χ3v) is 3.81. The molecular formula is C11H21N. The quantitative estimate of drug-likeness (QED) is 0.611. The lowest BCUT2D eigenvalue weighted by Gasteiger charge is -2.37. The van der Waals surface area contributed by atoms with Crippen molar-refractivity contribution in [3.05, 3.63) is 0 Å². The molecule has 0 N–H and O–H groups in total. The molecule has 70 valence electrons. The molecule has 2 bridgehead atoms. The predicted molar refractivity (Wildman–Crippen MR) is 52.2 cm³/mol. The topological polar surface area (TPSA) is 3.24 Å². The number of nitrogens with zero attached hydrogens (tertiary/aromatic N) is 1. The maximum absolute atomic E-state index is 2.77. The zero-order valence-electron chi connectivity index (χ0n) is 8.59. The molecule has 1 aliphatic heterocycles. The lowest BCUT2D eigenvalue weighted by Crippen LogP contribution is -2.44. The molecule has 1 unspecified atom stereocenters. The summed E-state index contributed by atoms with van der Waals surface area (Å²) in [5.74, 6) is 1.04. The average molecular weight is 167 g/mol. The van der Waals surface area contributed by atoms with Gasteiger partial charge in [-0.3, -0.25) is 4.90 Å². The van der Waals surface area contributed by atoms with Crippen LogP contribution in [0.5, 0.6) is 0 Å². The first-order chi connectivity index (χ1) is 5.74. The SMILES string of the molecule is CC[C@@H]1[C@H]2CCC(C2)N1C(C)C. The summed E-state index contributed by atoms with van der Waals surface area (Å²) in [5.41, 5.74) is 0. The number of hydrogen-bond donors (Lipinski definition) is 0. The van der Waals surface area contributed by atoms with Crippen LogP contribution in [-0.2, 0) is 0 Å². The largest absolute Gasteiger partial charge is 0.295 e. The Morgan fingerprint density at radius 1 is 1.33 bits per heavy atom. The molecule has 0 amide bonds. The fourth-order valence-corrected chi connectivity index (χ4v) is 3.47. The fourth-order valence-electron chi connectivity index (χ4n) is 3.47. The van der Waals surface area contributed by atoms with Crippen molar-refractivity contribution in [2.75, 3.05) is 0 Å². The van der Waals surface area contributed by atoms with Gasteiger partial charge in [0.2, 0.25) is 0 Å². The van der Waals surface area contributed by atoms with Crippen LogP contribution in [0.25, 0.3) is 0 Å². The maximum Gasteiger partial charge on any atom is 0.0127 e. The highest BCUT2D eigenvalue weighted by Gasteiger charge is 2.45. The average Bonchev–Trinajstić information content (AvgIpc) is 2.60. The van der Waals surface area contributed by atoms with Crippen molar-refractivity contribution in [1.29, 1.82) is 0 Å². The van der Waals surface area contributed by atoms with Crippen molar-refractivity contribution in [3.8, 4) is 0 Å². The second kappa shape index (κ2) is 3.02. The molecular weight excluding hydrogens is 146 g/mol. The number of rotatable bonds is 2. The number of fused-ring (bicyclic) bond motifs is 2. The first kappa shape index (κ1) is 8.55. The molecule has 1 heterocycles. The van der Waals surface area contributed by atoms with Gasteiger partial charge >= 0.3 is 0 Å². The first-order valence-electron chi connectivity index (χ1n) is 5.51. The summed E-state index contributed by atoms with van der Waals surface area (Å²) < 4.78 is 0. The fraction of sp³-hybridized carbons (Fsp3) is 1.00. The first-order valence-corrected chi connectivity index (χ1v) is 5.51. The van der Waals surface area contributed by atoms with Crippen LogP contribution in [-0.4, -0.2) is 23.0 Å². The molecule has 1 nitrogen and oxygen atoms in total. The zero-order valence-corrected chi connectivity index (χ0v) is 8.59. The van der Waals surface area contributed by atoms with Crippen LogP contribution >= 0.6 is 0 Å². The number of hydrogen-bond acceptors (Lipinski definition) is 1. The van der Waals surface area contributed by atoms with Gasteiger partial charge in [-0.2, -0.15) is 0 Å². The molecule has 2 rings (SSSR count). The van der Waals surface area contributed by atoms with Crippen molar-refractivity contribution in [2.45, 2.75) is 64.6 Å². The molecule has 1 saturated heterocycles. The molecule has 3 atom stereocenters. The zero-order chi connectivity index (χ0) is 8.72. The molecule has 0 aromatic rings. The van der Waals surface area contributed by atoms with Crippen LogP contribution in [0.2, 0.25) is 0 Å². The highest BCUT2D eigenvalue weighted by molar-refractivity contribution is 4.99. The van der Waals surface area contributed by atoms with E-state index in [9.17, 15) is 0 Å². The molecule has 0 aromatic carbocycles. The van der Waals surface area contributed by atoms with Gasteiger partial charge in [0.15, 0.2) is 0 Å². The minimum absolute atomic E-state index is 0.769. The van der Waals surface area contributed by atoms with Crippen molar-refractivity contribution < 1.29 is 0 Å². The van der Waals surface area contributed by atoms with E-state index >= 15 is 0 Å². The Bertz CT molecular complexity index is 164. The molecule has 0 spiro atoms. The minimum atomic E-state index is 0.769. The van der Waals surface area contributed by atoms with Crippen LogP contribution in [0, 0.1) is 5.92 Å². The van der Waals surface area contributed by atoms with Crippen LogP contribution < -0.4 is 0 Å². The number of likely N-dealkylation sites (tertiary alicyclic amines) is 1. The van der Waals surface area contributed by atoms with Crippen LogP contribution in [0.15, 0.2) is 0 Å². The van der Waals surface area contributed by atoms with Gasteiger partial charge in [0.05, 0.1) is 0 Å². The van der Waals surface area contributed by atoms with Crippen LogP contribution in [0.1, 0.15) is 46.5 Å². The van der Waals surface area contributed by atoms with E-state index in [1.54, 1.807) is 0 Å². The summed E-state index contributed by atoms with van der Waals surface area (Å²) in [7, 11) is 0. The second-order valence-corrected chi connectivity index (χ2v) is 4.74. The lowest BCUT2D eigenvalue weighted by molar-refractivity contribution is 0.0998. The van der Waals surface area contributed by atoms with Crippen molar-refractivity contribution in [1.82, 2.24) is 4.90 Å². The van der Waals surface area contributed by atoms with E-state index in [1.165, 1.54) is 25.7 Å². The second-order valence-electron chi connectivity index (χ2n) is 4.74. The molecule has 1 aliphatic carbocycles. The van der Waals surface area contributed by atoms with Crippen molar-refractivity contribution >= 4 is 0 Å². The van der Waals surface area contributed by atoms with Gasteiger partial charge in [0.25, 0.3) is 0 Å². The van der Waals surface area contributed by atoms with Gasteiger partial charge in [0, 0.05) is 18.1 Å². The Morgan fingerprint density at radius 3 is 2.58 bits per heavy atom. The lowest BCUT2D eigenvalue weighted by atomic mass is 9.96. The van der Waals surface area contributed by atoms with E-state index < -0.39 is 0 Å². The van der Waals surface area contributed by atoms with Gasteiger partial charge in [-0.25, -0.2) is 0 Å². The van der Waals surface area contributed by atoms with E-state index in [1.807, 2.05) is 0 Å². The van der Waals surface area contributed by atoms with E-state index in [0.717, 1.165) is 24.0 Å². The van der Waals surface area contributed by atoms with E-state index in [0.29, 0.717) is 0 Å². The summed E-state index contributed by atoms with van der Waals surface area (Å²) in [6.45, 7) is 7.05. The normalized spacial score (nSPS) is 41.5. The van der Waals surface area contributed by atoms with E-state index in [2.05, 4.69) is 25.7 Å². The summed E-state index contributed by atoms with van der Waals surface area (Å²) in [6.07, 6.45) is 5.84. The maximum atomic E-state index is 2.77. The van der Waals surface area contributed by atoms with E-state index in [-0.39, 0.29) is 0 Å². The monoisotopic (exact) mass is 167 g/mol. The van der Waals surface area contributed by atoms with Crippen molar-refractivity contribution in [3.63, 3.8) is 0 Å². The Kier molecular flexibility index (Phi) is 2.16. The standard InChI is InChI=1S/C11H21N/c1-4-11-9-5-6-10(7-9)12(11)8(2)3/h8-11H,4-7H2,1-3H3/t9-,10?,11+/m0/s1. The van der Waals surface area contributed by atoms with Gasteiger partial charge < -0.3 is 0 Å². The molecule has 2 aliphatic rings. The Balaban J connectivity index is 2.11. The Morgan fingerprint density at radius 2 is 2.08 bits per heavy atom. The minimum Gasteiger partial charge on any atom is -0.295 e. The molecule has 12 heavy (non-hydrogen) atoms. The summed E-state index contributed by atoms with van der Waals surface area (Å²) >= 11 is 0. The van der Waals surface area contributed by atoms with Gasteiger partial charge in [-0.15, -0.1) is 0 Å².